The summed E-state index contributed by atoms with van der Waals surface area (Å²) in [6, 6.07) is 3.50. The predicted molar refractivity (Wildman–Crippen MR) is 112 cm³/mol. The van der Waals surface area contributed by atoms with E-state index in [-0.39, 0.29) is 19.3 Å². The molecule has 4 rings (SSSR count). The molecule has 0 saturated carbocycles. The third-order valence-corrected chi connectivity index (χ3v) is 4.85. The SMILES string of the molecule is COCc1cn2c(Nc3cc([C@@H]4OC[C@H](OC(=O)NC(C)C)[C@@H]4F)[nH]n3)ncc(C#N)c2n1. The van der Waals surface area contributed by atoms with Crippen LogP contribution in [0.2, 0.25) is 0 Å². The number of nitrogens with one attached hydrogen (secondary N) is 3. The Kier molecular flexibility index (Phi) is 6.38. The number of H-pyrrole nitrogens is 1. The molecular weight excluding hydrogens is 435 g/mol. The number of carbonyl (C=O) groups is 1. The van der Waals surface area contributed by atoms with Crippen molar-refractivity contribution in [1.29, 1.82) is 5.26 Å². The van der Waals surface area contributed by atoms with E-state index in [1.165, 1.54) is 6.20 Å². The van der Waals surface area contributed by atoms with Crippen LogP contribution in [0.5, 0.6) is 0 Å². The predicted octanol–water partition coefficient (Wildman–Crippen LogP) is 2.13. The molecule has 3 N–H and O–H groups in total. The Morgan fingerprint density at radius 2 is 2.33 bits per heavy atom. The van der Waals surface area contributed by atoms with Crippen molar-refractivity contribution in [1.82, 2.24) is 29.9 Å². The average molecular weight is 458 g/mol. The molecule has 0 aromatic carbocycles. The highest BCUT2D eigenvalue weighted by Gasteiger charge is 2.42. The maximum Gasteiger partial charge on any atom is 0.407 e. The zero-order valence-corrected chi connectivity index (χ0v) is 18.2. The largest absolute Gasteiger partial charge is 0.441 e. The van der Waals surface area contributed by atoms with Gasteiger partial charge in [-0.05, 0) is 13.8 Å². The van der Waals surface area contributed by atoms with Crippen LogP contribution in [-0.2, 0) is 20.8 Å². The molecular formula is C20H23FN8O4. The summed E-state index contributed by atoms with van der Waals surface area (Å²) >= 11 is 0. The second-order valence-corrected chi connectivity index (χ2v) is 7.74. The number of amides is 1. The summed E-state index contributed by atoms with van der Waals surface area (Å²) in [5.41, 5.74) is 1.72. The lowest BCUT2D eigenvalue weighted by molar-refractivity contribution is 0.0615. The topological polar surface area (TPSA) is 151 Å². The third kappa shape index (κ3) is 4.71. The van der Waals surface area contributed by atoms with E-state index < -0.39 is 24.5 Å². The molecule has 1 aliphatic heterocycles. The van der Waals surface area contributed by atoms with Gasteiger partial charge in [0.2, 0.25) is 5.95 Å². The highest BCUT2D eigenvalue weighted by atomic mass is 19.1. The zero-order valence-electron chi connectivity index (χ0n) is 18.2. The maximum absolute atomic E-state index is 14.9. The highest BCUT2D eigenvalue weighted by molar-refractivity contribution is 5.67. The van der Waals surface area contributed by atoms with Crippen LogP contribution in [0.15, 0.2) is 18.5 Å². The Labute approximate surface area is 188 Å². The average Bonchev–Trinajstić information content (AvgIpc) is 3.48. The number of imidazole rings is 1. The van der Waals surface area contributed by atoms with E-state index >= 15 is 0 Å². The molecule has 0 unspecified atom stereocenters. The molecule has 0 radical (unpaired) electrons. The second-order valence-electron chi connectivity index (χ2n) is 7.74. The number of anilines is 2. The normalized spacial score (nSPS) is 20.2. The molecule has 1 amide bonds. The smallest absolute Gasteiger partial charge is 0.407 e. The number of aromatic nitrogens is 5. The van der Waals surface area contributed by atoms with Crippen LogP contribution in [0.1, 0.15) is 36.9 Å². The van der Waals surface area contributed by atoms with Crippen molar-refractivity contribution in [3.63, 3.8) is 0 Å². The molecule has 3 aromatic rings. The standard InChI is InChI=1S/C20H23FN8O4/c1-10(2)24-20(30)33-14-9-32-17(16(14)21)13-4-15(28-27-13)26-19-23-6-11(5-22)18-25-12(8-31-3)7-29(18)19/h4,6-7,10,14,16-17H,8-9H2,1-3H3,(H,24,30)(H2,23,26,27,28)/t14-,16-,17-/m0/s1. The van der Waals surface area contributed by atoms with Gasteiger partial charge in [-0.15, -0.1) is 0 Å². The molecule has 1 aliphatic rings. The van der Waals surface area contributed by atoms with Gasteiger partial charge in [0.25, 0.3) is 0 Å². The first-order valence-electron chi connectivity index (χ1n) is 10.2. The molecule has 1 saturated heterocycles. The number of alkyl halides is 1. The van der Waals surface area contributed by atoms with Crippen LogP contribution >= 0.6 is 0 Å². The van der Waals surface area contributed by atoms with Gasteiger partial charge < -0.3 is 24.8 Å². The molecule has 3 aromatic heterocycles. The number of alkyl carbamates (subject to hydrolysis) is 1. The van der Waals surface area contributed by atoms with Crippen LogP contribution in [0.25, 0.3) is 5.65 Å². The fourth-order valence-electron chi connectivity index (χ4n) is 3.42. The first-order valence-corrected chi connectivity index (χ1v) is 10.2. The lowest BCUT2D eigenvalue weighted by Crippen LogP contribution is -2.36. The first-order chi connectivity index (χ1) is 15.9. The Hall–Kier alpha value is -3.76. The van der Waals surface area contributed by atoms with Crippen molar-refractivity contribution < 1.29 is 23.4 Å². The number of hydrogen-bond donors (Lipinski definition) is 3. The number of aromatic amines is 1. The van der Waals surface area contributed by atoms with Crippen molar-refractivity contribution in [2.45, 2.75) is 44.9 Å². The summed E-state index contributed by atoms with van der Waals surface area (Å²) in [6.45, 7) is 3.75. The molecule has 3 atom stereocenters. The molecule has 4 heterocycles. The summed E-state index contributed by atoms with van der Waals surface area (Å²) in [7, 11) is 1.55. The van der Waals surface area contributed by atoms with Gasteiger partial charge in [0, 0.05) is 25.4 Å². The van der Waals surface area contributed by atoms with E-state index in [0.717, 1.165) is 0 Å². The summed E-state index contributed by atoms with van der Waals surface area (Å²) in [5, 5.41) is 21.8. The monoisotopic (exact) mass is 458 g/mol. The molecule has 0 spiro atoms. The quantitative estimate of drug-likeness (QED) is 0.483. The fourth-order valence-corrected chi connectivity index (χ4v) is 3.42. The minimum Gasteiger partial charge on any atom is -0.441 e. The number of rotatable bonds is 7. The lowest BCUT2D eigenvalue weighted by atomic mass is 10.1. The van der Waals surface area contributed by atoms with Gasteiger partial charge in [-0.25, -0.2) is 19.2 Å². The highest BCUT2D eigenvalue weighted by Crippen LogP contribution is 2.33. The second kappa shape index (κ2) is 9.39. The van der Waals surface area contributed by atoms with Crippen molar-refractivity contribution in [3.05, 3.63) is 35.4 Å². The van der Waals surface area contributed by atoms with Gasteiger partial charge in [0.05, 0.1) is 30.8 Å². The van der Waals surface area contributed by atoms with Gasteiger partial charge in [-0.2, -0.15) is 10.4 Å². The van der Waals surface area contributed by atoms with Crippen LogP contribution in [0.4, 0.5) is 21.0 Å². The minimum atomic E-state index is -1.57. The molecule has 13 heteroatoms. The molecule has 12 nitrogen and oxygen atoms in total. The van der Waals surface area contributed by atoms with Gasteiger partial charge in [-0.1, -0.05) is 0 Å². The molecule has 0 bridgehead atoms. The van der Waals surface area contributed by atoms with Gasteiger partial charge in [0.15, 0.2) is 23.7 Å². The van der Waals surface area contributed by atoms with Crippen LogP contribution < -0.4 is 10.6 Å². The summed E-state index contributed by atoms with van der Waals surface area (Å²) in [5.74, 6) is 0.704. The van der Waals surface area contributed by atoms with E-state index in [0.29, 0.717) is 34.4 Å². The number of methoxy groups -OCH3 is 1. The molecule has 0 aliphatic carbocycles. The fraction of sp³-hybridized carbons (Fsp3) is 0.450. The van der Waals surface area contributed by atoms with E-state index in [9.17, 15) is 14.4 Å². The number of fused-ring (bicyclic) bond motifs is 1. The Balaban J connectivity index is 1.49. The van der Waals surface area contributed by atoms with E-state index in [1.807, 2.05) is 0 Å². The minimum absolute atomic E-state index is 0.0752. The van der Waals surface area contributed by atoms with Crippen LogP contribution in [0.3, 0.4) is 0 Å². The van der Waals surface area contributed by atoms with Crippen molar-refractivity contribution in [3.8, 4) is 6.07 Å². The molecule has 1 fully saturated rings. The number of hydrogen-bond acceptors (Lipinski definition) is 9. The van der Waals surface area contributed by atoms with Crippen LogP contribution in [0, 0.1) is 11.3 Å². The van der Waals surface area contributed by atoms with E-state index in [2.05, 4.69) is 36.9 Å². The van der Waals surface area contributed by atoms with Gasteiger partial charge >= 0.3 is 6.09 Å². The number of halogens is 1. The molecule has 33 heavy (non-hydrogen) atoms. The van der Waals surface area contributed by atoms with Gasteiger partial charge in [-0.3, -0.25) is 9.50 Å². The summed E-state index contributed by atoms with van der Waals surface area (Å²) in [6.07, 6.45) is -1.17. The van der Waals surface area contributed by atoms with Crippen molar-refractivity contribution in [2.75, 3.05) is 19.0 Å². The summed E-state index contributed by atoms with van der Waals surface area (Å²) < 4.78 is 32.2. The number of nitriles is 1. The summed E-state index contributed by atoms with van der Waals surface area (Å²) in [4.78, 5) is 20.4. The van der Waals surface area contributed by atoms with Crippen LogP contribution in [-0.4, -0.2) is 62.7 Å². The van der Waals surface area contributed by atoms with Crippen molar-refractivity contribution in [2.24, 2.45) is 0 Å². The zero-order chi connectivity index (χ0) is 23.5. The van der Waals surface area contributed by atoms with E-state index in [4.69, 9.17) is 14.2 Å². The Bertz CT molecular complexity index is 1190. The third-order valence-electron chi connectivity index (χ3n) is 4.85. The number of nitrogens with zero attached hydrogens (tertiary/aromatic N) is 5. The van der Waals surface area contributed by atoms with Gasteiger partial charge in [0.1, 0.15) is 17.7 Å². The molecule has 174 valence electrons. The van der Waals surface area contributed by atoms with Crippen molar-refractivity contribution >= 4 is 23.5 Å². The van der Waals surface area contributed by atoms with E-state index in [1.54, 1.807) is 37.6 Å². The number of ether oxygens (including phenoxy) is 3. The first kappa shape index (κ1) is 22.4. The lowest BCUT2D eigenvalue weighted by Gasteiger charge is -2.16. The maximum atomic E-state index is 14.9. The Morgan fingerprint density at radius 1 is 1.52 bits per heavy atom. The Morgan fingerprint density at radius 3 is 3.06 bits per heavy atom. The number of carbonyl (C=O) groups excluding carboxylic acids is 1.